The van der Waals surface area contributed by atoms with Crippen LogP contribution < -0.4 is 20.9 Å². The fourth-order valence-electron chi connectivity index (χ4n) is 1.94. The molecule has 0 radical (unpaired) electrons. The topological polar surface area (TPSA) is 123 Å². The summed E-state index contributed by atoms with van der Waals surface area (Å²) in [7, 11) is 0. The molecule has 0 unspecified atom stereocenters. The van der Waals surface area contributed by atoms with Gasteiger partial charge in [-0.15, -0.1) is 0 Å². The van der Waals surface area contributed by atoms with Gasteiger partial charge >= 0.3 is 0 Å². The van der Waals surface area contributed by atoms with Gasteiger partial charge < -0.3 is 4.74 Å². The summed E-state index contributed by atoms with van der Waals surface area (Å²) in [5.41, 5.74) is 3.89. The number of carbonyl (C=O) groups excluding carboxylic acids is 2. The smallest absolute Gasteiger partial charge is 0.282 e. The molecule has 0 aliphatic rings. The van der Waals surface area contributed by atoms with Crippen LogP contribution in [0.5, 0.6) is 5.75 Å². The minimum absolute atomic E-state index is 0.171. The molecule has 0 saturated carbocycles. The van der Waals surface area contributed by atoms with Gasteiger partial charge in [-0.2, -0.15) is 0 Å². The zero-order valence-corrected chi connectivity index (χ0v) is 16.2. The third-order valence-corrected chi connectivity index (χ3v) is 3.88. The molecule has 0 atom stereocenters. The van der Waals surface area contributed by atoms with Crippen molar-refractivity contribution in [2.24, 2.45) is 0 Å². The monoisotopic (exact) mass is 442 g/mol. The molecule has 12 heteroatoms. The normalized spacial score (nSPS) is 9.93. The Labute approximate surface area is 174 Å². The highest BCUT2D eigenvalue weighted by atomic mass is 35.5. The summed E-state index contributed by atoms with van der Waals surface area (Å²) in [5.74, 6) is -1.17. The second-order valence-electron chi connectivity index (χ2n) is 5.09. The zero-order chi connectivity index (χ0) is 20.7. The third-order valence-electron chi connectivity index (χ3n) is 3.14. The number of hydrogen-bond acceptors (Lipinski definition) is 6. The molecule has 2 rings (SSSR count). The molecule has 28 heavy (non-hydrogen) atoms. The Balaban J connectivity index is 1.83. The first-order valence-corrected chi connectivity index (χ1v) is 8.66. The molecular formula is C16H12Cl2N4O5S. The second-order valence-corrected chi connectivity index (χ2v) is 6.35. The fourth-order valence-corrected chi connectivity index (χ4v) is 2.56. The van der Waals surface area contributed by atoms with E-state index in [0.717, 1.165) is 0 Å². The number of nitrogens with one attached hydrogen (secondary N) is 3. The van der Waals surface area contributed by atoms with E-state index in [1.54, 1.807) is 6.07 Å². The number of hydrazine groups is 1. The molecule has 0 bridgehead atoms. The minimum Gasteiger partial charge on any atom is -0.482 e. The maximum absolute atomic E-state index is 12.0. The number of amides is 2. The molecule has 146 valence electrons. The fraction of sp³-hybridized carbons (Fsp3) is 0.0625. The van der Waals surface area contributed by atoms with E-state index in [-0.39, 0.29) is 27.1 Å². The molecular weight excluding hydrogens is 431 g/mol. The number of rotatable bonds is 5. The molecule has 0 aliphatic heterocycles. The van der Waals surface area contributed by atoms with Crippen LogP contribution in [0.1, 0.15) is 10.4 Å². The zero-order valence-electron chi connectivity index (χ0n) is 13.9. The summed E-state index contributed by atoms with van der Waals surface area (Å²) in [4.78, 5) is 34.1. The van der Waals surface area contributed by atoms with Crippen molar-refractivity contribution in [2.75, 3.05) is 6.61 Å². The predicted molar refractivity (Wildman–Crippen MR) is 106 cm³/mol. The number of para-hydroxylation sites is 1. The van der Waals surface area contributed by atoms with Crippen molar-refractivity contribution in [3.8, 4) is 5.75 Å². The Morgan fingerprint density at radius 3 is 2.54 bits per heavy atom. The highest BCUT2D eigenvalue weighted by Crippen LogP contribution is 2.27. The van der Waals surface area contributed by atoms with E-state index in [0.29, 0.717) is 5.02 Å². The predicted octanol–water partition coefficient (Wildman–Crippen LogP) is 2.62. The van der Waals surface area contributed by atoms with Crippen molar-refractivity contribution in [2.45, 2.75) is 0 Å². The van der Waals surface area contributed by atoms with Crippen LogP contribution in [-0.4, -0.2) is 28.5 Å². The van der Waals surface area contributed by atoms with Crippen molar-refractivity contribution in [3.63, 3.8) is 0 Å². The lowest BCUT2D eigenvalue weighted by Crippen LogP contribution is -2.49. The standard InChI is InChI=1S/C16H12Cl2N4O5S/c17-9-5-6-13(11(18)7-9)27-8-14(23)19-16(28)21-20-15(24)10-3-1-2-4-12(10)22(25)26/h1-7H,8H2,(H,20,24)(H2,19,21,23,28). The largest absolute Gasteiger partial charge is 0.482 e. The Morgan fingerprint density at radius 2 is 1.86 bits per heavy atom. The average Bonchev–Trinajstić information content (AvgIpc) is 2.65. The summed E-state index contributed by atoms with van der Waals surface area (Å²) >= 11 is 16.6. The van der Waals surface area contributed by atoms with E-state index in [9.17, 15) is 19.7 Å². The van der Waals surface area contributed by atoms with Gasteiger partial charge in [0.2, 0.25) is 0 Å². The molecule has 2 aromatic rings. The van der Waals surface area contributed by atoms with Gasteiger partial charge in [0.25, 0.3) is 17.5 Å². The summed E-state index contributed by atoms with van der Waals surface area (Å²) in [5, 5.41) is 13.6. The molecule has 0 aromatic heterocycles. The lowest BCUT2D eigenvalue weighted by molar-refractivity contribution is -0.385. The SMILES string of the molecule is O=C(COc1ccc(Cl)cc1Cl)NC(=S)NNC(=O)c1ccccc1[N+](=O)[O-]. The van der Waals surface area contributed by atoms with Crippen LogP contribution in [0.3, 0.4) is 0 Å². The number of hydrogen-bond donors (Lipinski definition) is 3. The molecule has 0 aliphatic carbocycles. The van der Waals surface area contributed by atoms with Crippen LogP contribution in [0.4, 0.5) is 5.69 Å². The highest BCUT2D eigenvalue weighted by molar-refractivity contribution is 7.80. The van der Waals surface area contributed by atoms with Gasteiger partial charge in [-0.3, -0.25) is 35.9 Å². The summed E-state index contributed by atoms with van der Waals surface area (Å²) in [6, 6.07) is 9.88. The first-order chi connectivity index (χ1) is 13.3. The van der Waals surface area contributed by atoms with Crippen molar-refractivity contribution >= 4 is 58.0 Å². The summed E-state index contributed by atoms with van der Waals surface area (Å²) < 4.78 is 5.24. The third kappa shape index (κ3) is 6.05. The minimum atomic E-state index is -0.798. The van der Waals surface area contributed by atoms with Gasteiger partial charge in [-0.25, -0.2) is 0 Å². The maximum Gasteiger partial charge on any atom is 0.282 e. The Hall–Kier alpha value is -2.95. The van der Waals surface area contributed by atoms with Gasteiger partial charge in [0.15, 0.2) is 11.7 Å². The van der Waals surface area contributed by atoms with Crippen molar-refractivity contribution < 1.29 is 19.2 Å². The Morgan fingerprint density at radius 1 is 1.14 bits per heavy atom. The van der Waals surface area contributed by atoms with E-state index in [4.69, 9.17) is 40.2 Å². The molecule has 0 spiro atoms. The first-order valence-electron chi connectivity index (χ1n) is 7.49. The molecule has 0 saturated heterocycles. The van der Waals surface area contributed by atoms with Gasteiger partial charge in [-0.1, -0.05) is 35.3 Å². The molecule has 0 fully saturated rings. The van der Waals surface area contributed by atoms with Crippen molar-refractivity contribution in [1.82, 2.24) is 16.2 Å². The van der Waals surface area contributed by atoms with Gasteiger partial charge in [0.1, 0.15) is 11.3 Å². The summed E-state index contributed by atoms with van der Waals surface area (Å²) in [6.07, 6.45) is 0. The maximum atomic E-state index is 12.0. The lowest BCUT2D eigenvalue weighted by atomic mass is 10.2. The van der Waals surface area contributed by atoms with Crippen molar-refractivity contribution in [1.29, 1.82) is 0 Å². The first kappa shape index (κ1) is 21.4. The Bertz CT molecular complexity index is 941. The number of nitrogens with zero attached hydrogens (tertiary/aromatic N) is 1. The molecule has 2 amide bonds. The number of halogens is 2. The van der Waals surface area contributed by atoms with Gasteiger partial charge in [0.05, 0.1) is 9.95 Å². The number of thiocarbonyl (C=S) groups is 1. The van der Waals surface area contributed by atoms with Crippen LogP contribution >= 0.6 is 35.4 Å². The number of ether oxygens (including phenoxy) is 1. The van der Waals surface area contributed by atoms with E-state index >= 15 is 0 Å². The number of nitro benzene ring substituents is 1. The molecule has 0 heterocycles. The van der Waals surface area contributed by atoms with Crippen molar-refractivity contribution in [3.05, 3.63) is 68.2 Å². The van der Waals surface area contributed by atoms with Crippen LogP contribution in [0, 0.1) is 10.1 Å². The van der Waals surface area contributed by atoms with Gasteiger partial charge in [-0.05, 0) is 36.5 Å². The number of carbonyl (C=O) groups is 2. The van der Waals surface area contributed by atoms with E-state index in [1.807, 2.05) is 0 Å². The quantitative estimate of drug-likeness (QED) is 0.369. The molecule has 9 nitrogen and oxygen atoms in total. The van der Waals surface area contributed by atoms with E-state index in [1.165, 1.54) is 36.4 Å². The highest BCUT2D eigenvalue weighted by Gasteiger charge is 2.19. The number of nitro groups is 1. The van der Waals surface area contributed by atoms with E-state index in [2.05, 4.69) is 16.2 Å². The van der Waals surface area contributed by atoms with Crippen LogP contribution in [-0.2, 0) is 4.79 Å². The molecule has 3 N–H and O–H groups in total. The number of benzene rings is 2. The molecule has 2 aromatic carbocycles. The lowest BCUT2D eigenvalue weighted by Gasteiger charge is -2.12. The van der Waals surface area contributed by atoms with Crippen LogP contribution in [0.2, 0.25) is 10.0 Å². The second kappa shape index (κ2) is 9.83. The average molecular weight is 443 g/mol. The Kier molecular flexibility index (Phi) is 7.50. The van der Waals surface area contributed by atoms with Gasteiger partial charge in [0, 0.05) is 11.1 Å². The summed E-state index contributed by atoms with van der Waals surface area (Å²) in [6.45, 7) is -0.402. The van der Waals surface area contributed by atoms with Crippen LogP contribution in [0.25, 0.3) is 0 Å². The van der Waals surface area contributed by atoms with E-state index < -0.39 is 23.3 Å². The van der Waals surface area contributed by atoms with Crippen LogP contribution in [0.15, 0.2) is 42.5 Å².